The van der Waals surface area contributed by atoms with Crippen LogP contribution < -0.4 is 9.47 Å². The fraction of sp³-hybridized carbons (Fsp3) is 0.364. The molecule has 0 spiro atoms. The number of carbonyl (C=O) groups excluding carboxylic acids is 1. The van der Waals surface area contributed by atoms with E-state index < -0.39 is 6.10 Å². The number of methoxy groups -OCH3 is 1. The number of hydrogen-bond acceptors (Lipinski definition) is 5. The van der Waals surface area contributed by atoms with Crippen molar-refractivity contribution in [2.45, 2.75) is 31.8 Å². The largest absolute Gasteiger partial charge is 0.497 e. The van der Waals surface area contributed by atoms with Gasteiger partial charge >= 0.3 is 0 Å². The minimum Gasteiger partial charge on any atom is -0.497 e. The molecular weight excluding hydrogens is 356 g/mol. The Morgan fingerprint density at radius 2 is 1.79 bits per heavy atom. The summed E-state index contributed by atoms with van der Waals surface area (Å²) in [7, 11) is 1.62. The van der Waals surface area contributed by atoms with Crippen LogP contribution in [0.4, 0.5) is 0 Å². The van der Waals surface area contributed by atoms with Crippen LogP contribution in [0.2, 0.25) is 0 Å². The summed E-state index contributed by atoms with van der Waals surface area (Å²) in [6, 6.07) is 15.0. The van der Waals surface area contributed by atoms with Gasteiger partial charge in [0, 0.05) is 19.0 Å². The van der Waals surface area contributed by atoms with Crippen molar-refractivity contribution < 1.29 is 18.7 Å². The first-order chi connectivity index (χ1) is 13.6. The lowest BCUT2D eigenvalue weighted by Gasteiger charge is -2.32. The molecule has 6 nitrogen and oxygen atoms in total. The fourth-order valence-electron chi connectivity index (χ4n) is 3.58. The number of nitrogens with zero attached hydrogens (tertiary/aromatic N) is 2. The summed E-state index contributed by atoms with van der Waals surface area (Å²) in [6.45, 7) is 3.15. The predicted molar refractivity (Wildman–Crippen MR) is 106 cm³/mol. The molecule has 0 saturated carbocycles. The van der Waals surface area contributed by atoms with Crippen molar-refractivity contribution in [1.82, 2.24) is 9.88 Å². The third-order valence-electron chi connectivity index (χ3n) is 5.19. The van der Waals surface area contributed by atoms with Crippen LogP contribution in [0.5, 0.6) is 11.5 Å². The lowest BCUT2D eigenvalue weighted by atomic mass is 9.96. The molecule has 1 saturated heterocycles. The molecule has 0 radical (unpaired) electrons. The number of oxazole rings is 1. The van der Waals surface area contributed by atoms with Crippen molar-refractivity contribution in [3.05, 3.63) is 54.4 Å². The Morgan fingerprint density at radius 3 is 2.46 bits per heavy atom. The summed E-state index contributed by atoms with van der Waals surface area (Å²) in [4.78, 5) is 19.2. The Balaban J connectivity index is 1.33. The number of para-hydroxylation sites is 2. The van der Waals surface area contributed by atoms with E-state index in [9.17, 15) is 4.79 Å². The van der Waals surface area contributed by atoms with Crippen LogP contribution >= 0.6 is 0 Å². The smallest absolute Gasteiger partial charge is 0.263 e. The molecule has 1 aromatic heterocycles. The standard InChI is InChI=1S/C22H24N2O4/c1-15(27-18-9-7-17(26-2)8-10-18)22(25)24-13-11-16(12-14-24)21-23-19-5-3-4-6-20(19)28-21/h3-10,15-16H,11-14H2,1-2H3. The van der Waals surface area contributed by atoms with Gasteiger partial charge in [0.05, 0.1) is 7.11 Å². The monoisotopic (exact) mass is 380 g/mol. The van der Waals surface area contributed by atoms with Gasteiger partial charge < -0.3 is 18.8 Å². The zero-order valence-electron chi connectivity index (χ0n) is 16.1. The normalized spacial score (nSPS) is 16.1. The van der Waals surface area contributed by atoms with Gasteiger partial charge in [-0.15, -0.1) is 0 Å². The zero-order valence-corrected chi connectivity index (χ0v) is 16.1. The van der Waals surface area contributed by atoms with Gasteiger partial charge in [-0.1, -0.05) is 12.1 Å². The van der Waals surface area contributed by atoms with Crippen LogP contribution in [0.1, 0.15) is 31.6 Å². The van der Waals surface area contributed by atoms with E-state index in [-0.39, 0.29) is 11.8 Å². The van der Waals surface area contributed by atoms with Crippen LogP contribution in [0.25, 0.3) is 11.1 Å². The maximum Gasteiger partial charge on any atom is 0.263 e. The summed E-state index contributed by atoms with van der Waals surface area (Å²) in [5, 5.41) is 0. The molecule has 1 aliphatic rings. The molecule has 1 fully saturated rings. The second kappa shape index (κ2) is 7.92. The number of fused-ring (bicyclic) bond motifs is 1. The van der Waals surface area contributed by atoms with Gasteiger partial charge in [0.1, 0.15) is 17.0 Å². The van der Waals surface area contributed by atoms with Crippen molar-refractivity contribution in [3.63, 3.8) is 0 Å². The number of piperidine rings is 1. The van der Waals surface area contributed by atoms with E-state index in [1.165, 1.54) is 0 Å². The molecule has 28 heavy (non-hydrogen) atoms. The second-order valence-corrected chi connectivity index (χ2v) is 7.05. The lowest BCUT2D eigenvalue weighted by Crippen LogP contribution is -2.44. The predicted octanol–water partition coefficient (Wildman–Crippen LogP) is 4.01. The lowest BCUT2D eigenvalue weighted by molar-refractivity contribution is -0.139. The summed E-state index contributed by atoms with van der Waals surface area (Å²) in [5.74, 6) is 2.44. The molecule has 0 aliphatic carbocycles. The van der Waals surface area contributed by atoms with Crippen LogP contribution in [0, 0.1) is 0 Å². The average Bonchev–Trinajstić information content (AvgIpc) is 3.18. The van der Waals surface area contributed by atoms with E-state index in [4.69, 9.17) is 13.9 Å². The number of rotatable bonds is 5. The van der Waals surface area contributed by atoms with E-state index in [1.807, 2.05) is 53.4 Å². The first-order valence-electron chi connectivity index (χ1n) is 9.59. The summed E-state index contributed by atoms with van der Waals surface area (Å²) in [5.41, 5.74) is 1.70. The minimum absolute atomic E-state index is 0.00633. The first-order valence-corrected chi connectivity index (χ1v) is 9.59. The van der Waals surface area contributed by atoms with Crippen LogP contribution in [0.3, 0.4) is 0 Å². The first kappa shape index (κ1) is 18.3. The number of benzene rings is 2. The van der Waals surface area contributed by atoms with Crippen LogP contribution in [-0.4, -0.2) is 42.1 Å². The summed E-state index contributed by atoms with van der Waals surface area (Å²) < 4.78 is 16.8. The molecule has 2 heterocycles. The van der Waals surface area contributed by atoms with Crippen LogP contribution in [0.15, 0.2) is 52.9 Å². The van der Waals surface area contributed by atoms with Crippen molar-refractivity contribution in [2.75, 3.05) is 20.2 Å². The molecule has 3 aromatic rings. The quantitative estimate of drug-likeness (QED) is 0.669. The Labute approximate surface area is 164 Å². The third kappa shape index (κ3) is 3.81. The molecular formula is C22H24N2O4. The molecule has 0 bridgehead atoms. The topological polar surface area (TPSA) is 64.8 Å². The Bertz CT molecular complexity index is 910. The highest BCUT2D eigenvalue weighted by Crippen LogP contribution is 2.30. The third-order valence-corrected chi connectivity index (χ3v) is 5.19. The Morgan fingerprint density at radius 1 is 1.11 bits per heavy atom. The summed E-state index contributed by atoms with van der Waals surface area (Å²) >= 11 is 0. The van der Waals surface area contributed by atoms with Crippen molar-refractivity contribution in [3.8, 4) is 11.5 Å². The SMILES string of the molecule is COc1ccc(OC(C)C(=O)N2CCC(c3nc4ccccc4o3)CC2)cc1. The van der Waals surface area contributed by atoms with Crippen molar-refractivity contribution in [1.29, 1.82) is 0 Å². The molecule has 146 valence electrons. The van der Waals surface area contributed by atoms with E-state index in [0.717, 1.165) is 35.6 Å². The number of ether oxygens (including phenoxy) is 2. The molecule has 4 rings (SSSR count). The number of likely N-dealkylation sites (tertiary alicyclic amines) is 1. The van der Waals surface area contributed by atoms with Gasteiger partial charge in [-0.25, -0.2) is 4.98 Å². The zero-order chi connectivity index (χ0) is 19.5. The molecule has 1 aliphatic heterocycles. The van der Waals surface area contributed by atoms with Gasteiger partial charge in [-0.2, -0.15) is 0 Å². The second-order valence-electron chi connectivity index (χ2n) is 7.05. The van der Waals surface area contributed by atoms with Crippen molar-refractivity contribution in [2.24, 2.45) is 0 Å². The van der Waals surface area contributed by atoms with E-state index in [2.05, 4.69) is 4.98 Å². The van der Waals surface area contributed by atoms with Gasteiger partial charge in [-0.05, 0) is 56.2 Å². The van der Waals surface area contributed by atoms with Gasteiger partial charge in [0.25, 0.3) is 5.91 Å². The van der Waals surface area contributed by atoms with Gasteiger partial charge in [0.2, 0.25) is 0 Å². The van der Waals surface area contributed by atoms with Crippen molar-refractivity contribution >= 4 is 17.0 Å². The average molecular weight is 380 g/mol. The van der Waals surface area contributed by atoms with E-state index >= 15 is 0 Å². The highest BCUT2D eigenvalue weighted by atomic mass is 16.5. The Hall–Kier alpha value is -3.02. The number of hydrogen-bond donors (Lipinski definition) is 0. The molecule has 1 amide bonds. The molecule has 0 N–H and O–H groups in total. The Kier molecular flexibility index (Phi) is 5.19. The van der Waals surface area contributed by atoms with E-state index in [1.54, 1.807) is 14.0 Å². The highest BCUT2D eigenvalue weighted by Gasteiger charge is 2.29. The molecule has 1 unspecified atom stereocenters. The highest BCUT2D eigenvalue weighted by molar-refractivity contribution is 5.81. The number of carbonyl (C=O) groups is 1. The van der Waals surface area contributed by atoms with Gasteiger partial charge in [-0.3, -0.25) is 4.79 Å². The molecule has 2 aromatic carbocycles. The van der Waals surface area contributed by atoms with Gasteiger partial charge in [0.15, 0.2) is 17.6 Å². The van der Waals surface area contributed by atoms with E-state index in [0.29, 0.717) is 18.8 Å². The molecule has 6 heteroatoms. The summed E-state index contributed by atoms with van der Waals surface area (Å²) in [6.07, 6.45) is 1.15. The number of amides is 1. The van der Waals surface area contributed by atoms with Crippen LogP contribution in [-0.2, 0) is 4.79 Å². The maximum absolute atomic E-state index is 12.7. The minimum atomic E-state index is -0.533. The number of aromatic nitrogens is 1. The molecule has 1 atom stereocenters. The maximum atomic E-state index is 12.7. The fourth-order valence-corrected chi connectivity index (χ4v) is 3.58.